The number of likely N-dealkylation sites (N-methyl/N-ethyl adjacent to an activating group) is 1. The number of benzene rings is 1. The van der Waals surface area contributed by atoms with Gasteiger partial charge in [0.05, 0.1) is 10.1 Å². The SMILES string of the molecule is CCN[C@H](C)CNC(=O)c1ccc(S(=O)(=O)C2CCCC2)cc1. The fraction of sp³-hybridized carbons (Fsp3) is 0.588. The number of sulfone groups is 1. The number of nitrogens with one attached hydrogen (secondary N) is 2. The molecule has 1 aromatic rings. The van der Waals surface area contributed by atoms with Gasteiger partial charge >= 0.3 is 0 Å². The van der Waals surface area contributed by atoms with E-state index < -0.39 is 9.84 Å². The van der Waals surface area contributed by atoms with E-state index in [-0.39, 0.29) is 17.2 Å². The van der Waals surface area contributed by atoms with Crippen LogP contribution in [-0.4, -0.2) is 38.7 Å². The molecule has 0 spiro atoms. The summed E-state index contributed by atoms with van der Waals surface area (Å²) in [4.78, 5) is 12.4. The monoisotopic (exact) mass is 338 g/mol. The second-order valence-electron chi connectivity index (χ2n) is 6.14. The zero-order chi connectivity index (χ0) is 16.9. The molecule has 128 valence electrons. The van der Waals surface area contributed by atoms with Crippen LogP contribution in [0.1, 0.15) is 49.9 Å². The highest BCUT2D eigenvalue weighted by Gasteiger charge is 2.30. The number of hydrogen-bond donors (Lipinski definition) is 2. The lowest BCUT2D eigenvalue weighted by atomic mass is 10.2. The van der Waals surface area contributed by atoms with Crippen LogP contribution in [-0.2, 0) is 9.84 Å². The molecular formula is C17H26N2O3S. The van der Waals surface area contributed by atoms with Crippen molar-refractivity contribution in [3.63, 3.8) is 0 Å². The number of rotatable bonds is 7. The molecule has 0 heterocycles. The maximum absolute atomic E-state index is 12.5. The Morgan fingerprint density at radius 1 is 1.22 bits per heavy atom. The summed E-state index contributed by atoms with van der Waals surface area (Å²) in [5, 5.41) is 5.80. The van der Waals surface area contributed by atoms with Gasteiger partial charge in [0.25, 0.3) is 5.91 Å². The van der Waals surface area contributed by atoms with Crippen molar-refractivity contribution in [2.24, 2.45) is 0 Å². The molecule has 0 aliphatic heterocycles. The lowest BCUT2D eigenvalue weighted by Crippen LogP contribution is -2.38. The summed E-state index contributed by atoms with van der Waals surface area (Å²) in [5.74, 6) is -0.181. The molecule has 2 N–H and O–H groups in total. The van der Waals surface area contributed by atoms with E-state index in [0.717, 1.165) is 32.2 Å². The van der Waals surface area contributed by atoms with Gasteiger partial charge in [0.1, 0.15) is 0 Å². The zero-order valence-corrected chi connectivity index (χ0v) is 14.7. The summed E-state index contributed by atoms with van der Waals surface area (Å²) in [5.41, 5.74) is 0.485. The number of hydrogen-bond acceptors (Lipinski definition) is 4. The molecule has 0 aromatic heterocycles. The predicted molar refractivity (Wildman–Crippen MR) is 91.4 cm³/mol. The maximum atomic E-state index is 12.5. The lowest BCUT2D eigenvalue weighted by Gasteiger charge is -2.14. The van der Waals surface area contributed by atoms with E-state index in [2.05, 4.69) is 10.6 Å². The first-order valence-corrected chi connectivity index (χ1v) is 9.85. The van der Waals surface area contributed by atoms with Crippen LogP contribution in [0.5, 0.6) is 0 Å². The standard InChI is InChI=1S/C17H26N2O3S/c1-3-18-13(2)12-19-17(20)14-8-10-16(11-9-14)23(21,22)15-6-4-5-7-15/h8-11,13,15,18H,3-7,12H2,1-2H3,(H,19,20)/t13-/m1/s1. The number of carbonyl (C=O) groups is 1. The Balaban J connectivity index is 2.00. The van der Waals surface area contributed by atoms with Crippen molar-refractivity contribution in [3.05, 3.63) is 29.8 Å². The molecule has 1 saturated carbocycles. The van der Waals surface area contributed by atoms with E-state index in [1.54, 1.807) is 24.3 Å². The molecule has 1 atom stereocenters. The second kappa shape index (κ2) is 7.93. The molecule has 23 heavy (non-hydrogen) atoms. The Labute approximate surface area is 138 Å². The molecule has 1 aliphatic carbocycles. The Hall–Kier alpha value is -1.40. The highest BCUT2D eigenvalue weighted by Crippen LogP contribution is 2.29. The highest BCUT2D eigenvalue weighted by molar-refractivity contribution is 7.92. The molecular weight excluding hydrogens is 312 g/mol. The van der Waals surface area contributed by atoms with Gasteiger partial charge in [0.15, 0.2) is 9.84 Å². The van der Waals surface area contributed by atoms with E-state index in [1.807, 2.05) is 13.8 Å². The minimum absolute atomic E-state index is 0.181. The van der Waals surface area contributed by atoms with Crippen molar-refractivity contribution in [1.29, 1.82) is 0 Å². The quantitative estimate of drug-likeness (QED) is 0.799. The van der Waals surface area contributed by atoms with Gasteiger partial charge in [-0.3, -0.25) is 4.79 Å². The van der Waals surface area contributed by atoms with Crippen molar-refractivity contribution in [1.82, 2.24) is 10.6 Å². The van der Waals surface area contributed by atoms with Crippen LogP contribution in [0.15, 0.2) is 29.2 Å². The minimum atomic E-state index is -3.26. The van der Waals surface area contributed by atoms with Gasteiger partial charge in [-0.15, -0.1) is 0 Å². The summed E-state index contributed by atoms with van der Waals surface area (Å²) >= 11 is 0. The Morgan fingerprint density at radius 3 is 2.39 bits per heavy atom. The van der Waals surface area contributed by atoms with E-state index in [0.29, 0.717) is 17.0 Å². The zero-order valence-electron chi connectivity index (χ0n) is 13.8. The second-order valence-corrected chi connectivity index (χ2v) is 8.37. The molecule has 5 nitrogen and oxygen atoms in total. The van der Waals surface area contributed by atoms with Gasteiger partial charge in [-0.05, 0) is 50.6 Å². The fourth-order valence-corrected chi connectivity index (χ4v) is 4.81. The molecule has 1 aromatic carbocycles. The van der Waals surface area contributed by atoms with Crippen molar-refractivity contribution in [3.8, 4) is 0 Å². The lowest BCUT2D eigenvalue weighted by molar-refractivity contribution is 0.0950. The van der Waals surface area contributed by atoms with Crippen LogP contribution in [0.2, 0.25) is 0 Å². The third-order valence-electron chi connectivity index (χ3n) is 4.31. The van der Waals surface area contributed by atoms with Crippen molar-refractivity contribution < 1.29 is 13.2 Å². The summed E-state index contributed by atoms with van der Waals surface area (Å²) in [6.07, 6.45) is 3.45. The van der Waals surface area contributed by atoms with Gasteiger partial charge in [-0.1, -0.05) is 19.8 Å². The van der Waals surface area contributed by atoms with Crippen molar-refractivity contribution >= 4 is 15.7 Å². The van der Waals surface area contributed by atoms with Crippen LogP contribution >= 0.6 is 0 Å². The summed E-state index contributed by atoms with van der Waals surface area (Å²) in [6, 6.07) is 6.49. The van der Waals surface area contributed by atoms with Crippen LogP contribution < -0.4 is 10.6 Å². The van der Waals surface area contributed by atoms with Gasteiger partial charge < -0.3 is 10.6 Å². The largest absolute Gasteiger partial charge is 0.350 e. The highest BCUT2D eigenvalue weighted by atomic mass is 32.2. The van der Waals surface area contributed by atoms with Crippen molar-refractivity contribution in [2.45, 2.75) is 55.7 Å². The Morgan fingerprint density at radius 2 is 1.83 bits per heavy atom. The number of amides is 1. The first-order valence-electron chi connectivity index (χ1n) is 8.30. The van der Waals surface area contributed by atoms with Crippen LogP contribution in [0.3, 0.4) is 0 Å². The normalized spacial score (nSPS) is 17.1. The van der Waals surface area contributed by atoms with Gasteiger partial charge in [0.2, 0.25) is 0 Å². The number of carbonyl (C=O) groups excluding carboxylic acids is 1. The smallest absolute Gasteiger partial charge is 0.251 e. The molecule has 0 radical (unpaired) electrons. The minimum Gasteiger partial charge on any atom is -0.350 e. The van der Waals surface area contributed by atoms with E-state index >= 15 is 0 Å². The Kier molecular flexibility index (Phi) is 6.18. The van der Waals surface area contributed by atoms with Crippen LogP contribution in [0, 0.1) is 0 Å². The Bertz CT molecular complexity index is 620. The maximum Gasteiger partial charge on any atom is 0.251 e. The average Bonchev–Trinajstić information content (AvgIpc) is 3.08. The first kappa shape index (κ1) is 17.9. The van der Waals surface area contributed by atoms with E-state index in [4.69, 9.17) is 0 Å². The predicted octanol–water partition coefficient (Wildman–Crippen LogP) is 2.13. The topological polar surface area (TPSA) is 75.3 Å². The summed E-state index contributed by atoms with van der Waals surface area (Å²) < 4.78 is 25.0. The van der Waals surface area contributed by atoms with E-state index in [9.17, 15) is 13.2 Å². The molecule has 0 bridgehead atoms. The van der Waals surface area contributed by atoms with E-state index in [1.165, 1.54) is 0 Å². The summed E-state index contributed by atoms with van der Waals surface area (Å²) in [6.45, 7) is 5.41. The molecule has 1 aliphatic rings. The summed E-state index contributed by atoms with van der Waals surface area (Å²) in [7, 11) is -3.26. The molecule has 1 amide bonds. The van der Waals surface area contributed by atoms with Gasteiger partial charge in [0, 0.05) is 18.2 Å². The average molecular weight is 338 g/mol. The molecule has 2 rings (SSSR count). The first-order chi connectivity index (χ1) is 10.9. The molecule has 0 saturated heterocycles. The third kappa shape index (κ3) is 4.54. The molecule has 0 unspecified atom stereocenters. The van der Waals surface area contributed by atoms with Gasteiger partial charge in [-0.25, -0.2) is 8.42 Å². The van der Waals surface area contributed by atoms with Crippen LogP contribution in [0.25, 0.3) is 0 Å². The van der Waals surface area contributed by atoms with Crippen molar-refractivity contribution in [2.75, 3.05) is 13.1 Å². The third-order valence-corrected chi connectivity index (χ3v) is 6.59. The van der Waals surface area contributed by atoms with Crippen LogP contribution in [0.4, 0.5) is 0 Å². The molecule has 1 fully saturated rings. The molecule has 6 heteroatoms. The van der Waals surface area contributed by atoms with Gasteiger partial charge in [-0.2, -0.15) is 0 Å². The fourth-order valence-electron chi connectivity index (χ4n) is 2.96.